The molecular formula is C18H17FN4O. The van der Waals surface area contributed by atoms with E-state index in [1.54, 1.807) is 12.1 Å². The van der Waals surface area contributed by atoms with E-state index in [0.717, 1.165) is 11.1 Å². The number of aliphatic hydroxyl groups excluding tert-OH is 1. The van der Waals surface area contributed by atoms with Crippen LogP contribution in [0, 0.1) is 5.82 Å². The fourth-order valence-electron chi connectivity index (χ4n) is 2.36. The zero-order chi connectivity index (χ0) is 16.8. The van der Waals surface area contributed by atoms with E-state index in [0.29, 0.717) is 24.7 Å². The highest BCUT2D eigenvalue weighted by atomic mass is 19.1. The summed E-state index contributed by atoms with van der Waals surface area (Å²) in [6, 6.07) is 15.9. The molecule has 0 fully saturated rings. The molecule has 1 aromatic heterocycles. The maximum absolute atomic E-state index is 13.1. The SMILES string of the molecule is OCCN(Cc1ccccc1)c1nncc(-c2ccc(F)cc2)n1. The van der Waals surface area contributed by atoms with Gasteiger partial charge < -0.3 is 10.0 Å². The Morgan fingerprint density at radius 2 is 1.75 bits per heavy atom. The van der Waals surface area contributed by atoms with E-state index < -0.39 is 0 Å². The van der Waals surface area contributed by atoms with Crippen molar-refractivity contribution in [2.75, 3.05) is 18.1 Å². The number of hydrogen-bond acceptors (Lipinski definition) is 5. The van der Waals surface area contributed by atoms with E-state index in [4.69, 9.17) is 0 Å². The topological polar surface area (TPSA) is 62.1 Å². The third kappa shape index (κ3) is 3.91. The van der Waals surface area contributed by atoms with Crippen LogP contribution < -0.4 is 4.90 Å². The van der Waals surface area contributed by atoms with Crippen LogP contribution >= 0.6 is 0 Å². The number of aliphatic hydroxyl groups is 1. The van der Waals surface area contributed by atoms with Gasteiger partial charge in [-0.25, -0.2) is 9.37 Å². The van der Waals surface area contributed by atoms with Crippen LogP contribution in [0.15, 0.2) is 60.8 Å². The van der Waals surface area contributed by atoms with Gasteiger partial charge in [0, 0.05) is 18.7 Å². The molecule has 0 radical (unpaired) electrons. The molecule has 6 heteroatoms. The summed E-state index contributed by atoms with van der Waals surface area (Å²) in [4.78, 5) is 6.36. The maximum Gasteiger partial charge on any atom is 0.246 e. The smallest absolute Gasteiger partial charge is 0.246 e. The van der Waals surface area contributed by atoms with Gasteiger partial charge in [0.2, 0.25) is 5.95 Å². The summed E-state index contributed by atoms with van der Waals surface area (Å²) >= 11 is 0. The third-order valence-corrected chi connectivity index (χ3v) is 3.56. The summed E-state index contributed by atoms with van der Waals surface area (Å²) < 4.78 is 13.1. The normalized spacial score (nSPS) is 10.6. The van der Waals surface area contributed by atoms with Gasteiger partial charge in [0.1, 0.15) is 5.82 Å². The van der Waals surface area contributed by atoms with Crippen molar-refractivity contribution in [1.82, 2.24) is 15.2 Å². The number of aromatic nitrogens is 3. The minimum Gasteiger partial charge on any atom is -0.395 e. The second-order valence-corrected chi connectivity index (χ2v) is 5.28. The average Bonchev–Trinajstić information content (AvgIpc) is 2.63. The van der Waals surface area contributed by atoms with Crippen molar-refractivity contribution in [3.05, 3.63) is 72.2 Å². The van der Waals surface area contributed by atoms with Gasteiger partial charge in [0.05, 0.1) is 18.5 Å². The van der Waals surface area contributed by atoms with Crippen LogP contribution in [0.1, 0.15) is 5.56 Å². The van der Waals surface area contributed by atoms with Crippen molar-refractivity contribution in [1.29, 1.82) is 0 Å². The fourth-order valence-corrected chi connectivity index (χ4v) is 2.36. The first-order chi connectivity index (χ1) is 11.8. The first-order valence-corrected chi connectivity index (χ1v) is 7.61. The predicted molar refractivity (Wildman–Crippen MR) is 89.8 cm³/mol. The lowest BCUT2D eigenvalue weighted by atomic mass is 10.2. The molecule has 0 saturated heterocycles. The van der Waals surface area contributed by atoms with Crippen LogP contribution in [0.5, 0.6) is 0 Å². The molecule has 0 saturated carbocycles. The summed E-state index contributed by atoms with van der Waals surface area (Å²) in [6.45, 7) is 0.941. The fraction of sp³-hybridized carbons (Fsp3) is 0.167. The molecule has 5 nitrogen and oxygen atoms in total. The quantitative estimate of drug-likeness (QED) is 0.755. The lowest BCUT2D eigenvalue weighted by molar-refractivity contribution is 0.300. The van der Waals surface area contributed by atoms with Gasteiger partial charge >= 0.3 is 0 Å². The van der Waals surface area contributed by atoms with Gasteiger partial charge in [-0.05, 0) is 29.8 Å². The van der Waals surface area contributed by atoms with Crippen LogP contribution in [0.2, 0.25) is 0 Å². The zero-order valence-corrected chi connectivity index (χ0v) is 13.0. The van der Waals surface area contributed by atoms with Crippen LogP contribution in [-0.2, 0) is 6.54 Å². The average molecular weight is 324 g/mol. The summed E-state index contributed by atoms with van der Waals surface area (Å²) in [6.07, 6.45) is 1.54. The Morgan fingerprint density at radius 1 is 1.00 bits per heavy atom. The molecule has 0 atom stereocenters. The molecule has 0 aliphatic rings. The standard InChI is InChI=1S/C18H17FN4O/c19-16-8-6-15(7-9-16)17-12-20-22-18(21-17)23(10-11-24)13-14-4-2-1-3-5-14/h1-9,12,24H,10-11,13H2. The molecule has 0 aliphatic carbocycles. The Hall–Kier alpha value is -2.86. The van der Waals surface area contributed by atoms with Crippen LogP contribution in [0.25, 0.3) is 11.3 Å². The van der Waals surface area contributed by atoms with E-state index in [1.165, 1.54) is 18.3 Å². The summed E-state index contributed by atoms with van der Waals surface area (Å²) in [5.41, 5.74) is 2.45. The Balaban J connectivity index is 1.88. The minimum absolute atomic E-state index is 0.0169. The molecule has 24 heavy (non-hydrogen) atoms. The zero-order valence-electron chi connectivity index (χ0n) is 13.0. The summed E-state index contributed by atoms with van der Waals surface area (Å²) in [5.74, 6) is 0.127. The van der Waals surface area contributed by atoms with Gasteiger partial charge in [0.15, 0.2) is 0 Å². The second kappa shape index (κ2) is 7.61. The van der Waals surface area contributed by atoms with Crippen molar-refractivity contribution >= 4 is 5.95 Å². The highest BCUT2D eigenvalue weighted by molar-refractivity contribution is 5.59. The third-order valence-electron chi connectivity index (χ3n) is 3.56. The molecule has 0 amide bonds. The lowest BCUT2D eigenvalue weighted by Gasteiger charge is -2.21. The molecule has 2 aromatic carbocycles. The number of anilines is 1. The maximum atomic E-state index is 13.1. The van der Waals surface area contributed by atoms with E-state index in [1.807, 2.05) is 35.2 Å². The first kappa shape index (κ1) is 16.0. The summed E-state index contributed by atoms with van der Waals surface area (Å²) in [7, 11) is 0. The van der Waals surface area contributed by atoms with Crippen molar-refractivity contribution in [2.24, 2.45) is 0 Å². The van der Waals surface area contributed by atoms with Crippen LogP contribution in [0.3, 0.4) is 0 Å². The van der Waals surface area contributed by atoms with Crippen LogP contribution in [0.4, 0.5) is 10.3 Å². The van der Waals surface area contributed by atoms with Crippen LogP contribution in [-0.4, -0.2) is 33.4 Å². The molecule has 3 aromatic rings. The molecule has 1 heterocycles. The second-order valence-electron chi connectivity index (χ2n) is 5.28. The Labute approximate surface area is 139 Å². The van der Waals surface area contributed by atoms with Gasteiger partial charge in [-0.1, -0.05) is 30.3 Å². The molecule has 0 unspecified atom stereocenters. The molecular weight excluding hydrogens is 307 g/mol. The minimum atomic E-state index is -0.299. The van der Waals surface area contributed by atoms with Gasteiger partial charge in [-0.2, -0.15) is 5.10 Å². The highest BCUT2D eigenvalue weighted by Crippen LogP contribution is 2.19. The molecule has 3 rings (SSSR count). The molecule has 1 N–H and O–H groups in total. The Kier molecular flexibility index (Phi) is 5.08. The monoisotopic (exact) mass is 324 g/mol. The number of hydrogen-bond donors (Lipinski definition) is 1. The van der Waals surface area contributed by atoms with Gasteiger partial charge in [-0.3, -0.25) is 0 Å². The predicted octanol–water partition coefficient (Wildman–Crippen LogP) is 2.68. The van der Waals surface area contributed by atoms with E-state index >= 15 is 0 Å². The highest BCUT2D eigenvalue weighted by Gasteiger charge is 2.12. The van der Waals surface area contributed by atoms with Crippen molar-refractivity contribution < 1.29 is 9.50 Å². The summed E-state index contributed by atoms with van der Waals surface area (Å²) in [5, 5.41) is 17.4. The van der Waals surface area contributed by atoms with E-state index in [-0.39, 0.29) is 12.4 Å². The Bertz CT molecular complexity index is 781. The molecule has 122 valence electrons. The van der Waals surface area contributed by atoms with Crippen molar-refractivity contribution in [2.45, 2.75) is 6.54 Å². The largest absolute Gasteiger partial charge is 0.395 e. The first-order valence-electron chi connectivity index (χ1n) is 7.61. The molecule has 0 aliphatic heterocycles. The molecule has 0 bridgehead atoms. The Morgan fingerprint density at radius 3 is 2.46 bits per heavy atom. The van der Waals surface area contributed by atoms with Crippen molar-refractivity contribution in [3.63, 3.8) is 0 Å². The molecule has 0 spiro atoms. The van der Waals surface area contributed by atoms with Gasteiger partial charge in [-0.15, -0.1) is 5.10 Å². The number of rotatable bonds is 6. The van der Waals surface area contributed by atoms with E-state index in [2.05, 4.69) is 15.2 Å². The number of benzene rings is 2. The number of halogens is 1. The number of nitrogens with zero attached hydrogens (tertiary/aromatic N) is 4. The van der Waals surface area contributed by atoms with Crippen molar-refractivity contribution in [3.8, 4) is 11.3 Å². The lowest BCUT2D eigenvalue weighted by Crippen LogP contribution is -2.28. The van der Waals surface area contributed by atoms with E-state index in [9.17, 15) is 9.50 Å². The van der Waals surface area contributed by atoms with Gasteiger partial charge in [0.25, 0.3) is 0 Å².